The van der Waals surface area contributed by atoms with E-state index in [0.29, 0.717) is 45.9 Å². The van der Waals surface area contributed by atoms with Gasteiger partial charge in [-0.25, -0.2) is 9.97 Å². The standard InChI is InChI=1S/C29H25Cl2N3O3/c30-20-9-5-17(6-10-20)28-25(3-1-2-4-27(35)36)32-26-16-19(8-14-24(26)33-28)29(37)34-23-13-7-18-15-21(31)11-12-22(18)23/h5-6,8-12,14-16,23H,1-4,7,13H2,(H,34,37)(H,35,36). The lowest BCUT2D eigenvalue weighted by molar-refractivity contribution is -0.137. The molecule has 0 bridgehead atoms. The third-order valence-corrected chi connectivity index (χ3v) is 7.15. The Kier molecular flexibility index (Phi) is 7.40. The van der Waals surface area contributed by atoms with Crippen LogP contribution < -0.4 is 5.32 Å². The zero-order chi connectivity index (χ0) is 25.9. The van der Waals surface area contributed by atoms with Gasteiger partial charge in [0.1, 0.15) is 0 Å². The Bertz CT molecular complexity index is 1490. The number of nitrogens with zero attached hydrogens (tertiary/aromatic N) is 2. The van der Waals surface area contributed by atoms with E-state index in [9.17, 15) is 9.59 Å². The highest BCUT2D eigenvalue weighted by Crippen LogP contribution is 2.33. The molecule has 0 saturated carbocycles. The normalized spacial score (nSPS) is 14.5. The van der Waals surface area contributed by atoms with Crippen LogP contribution in [0.1, 0.15) is 58.9 Å². The lowest BCUT2D eigenvalue weighted by atomic mass is 10.0. The summed E-state index contributed by atoms with van der Waals surface area (Å²) in [5.74, 6) is -0.979. The number of hydrogen-bond donors (Lipinski definition) is 2. The second kappa shape index (κ2) is 10.9. The number of aryl methyl sites for hydroxylation is 2. The molecule has 0 saturated heterocycles. The zero-order valence-corrected chi connectivity index (χ0v) is 21.5. The number of carboxylic acid groups (broad SMARTS) is 1. The summed E-state index contributed by atoms with van der Waals surface area (Å²) in [6.07, 6.45) is 3.61. The van der Waals surface area contributed by atoms with Gasteiger partial charge in [0.25, 0.3) is 5.91 Å². The van der Waals surface area contributed by atoms with E-state index < -0.39 is 5.97 Å². The number of rotatable bonds is 8. The highest BCUT2D eigenvalue weighted by molar-refractivity contribution is 6.31. The van der Waals surface area contributed by atoms with Crippen LogP contribution in [-0.2, 0) is 17.6 Å². The molecule has 1 aromatic heterocycles. The van der Waals surface area contributed by atoms with E-state index in [2.05, 4.69) is 5.32 Å². The summed E-state index contributed by atoms with van der Waals surface area (Å²) in [5, 5.41) is 13.5. The maximum atomic E-state index is 13.1. The number of aliphatic carboxylic acids is 1. The summed E-state index contributed by atoms with van der Waals surface area (Å²) in [6, 6.07) is 18.5. The van der Waals surface area contributed by atoms with Crippen LogP contribution >= 0.6 is 23.2 Å². The molecule has 8 heteroatoms. The lowest BCUT2D eigenvalue weighted by Crippen LogP contribution is -2.27. The predicted molar refractivity (Wildman–Crippen MR) is 145 cm³/mol. The average molecular weight is 534 g/mol. The van der Waals surface area contributed by atoms with Crippen molar-refractivity contribution >= 4 is 46.1 Å². The molecule has 37 heavy (non-hydrogen) atoms. The second-order valence-electron chi connectivity index (χ2n) is 9.24. The SMILES string of the molecule is O=C(O)CCCCc1nc2cc(C(=O)NC3CCc4cc(Cl)ccc43)ccc2nc1-c1ccc(Cl)cc1. The number of unbranched alkanes of at least 4 members (excludes halogenated alkanes) is 1. The maximum absolute atomic E-state index is 13.1. The zero-order valence-electron chi connectivity index (χ0n) is 20.0. The molecule has 0 fully saturated rings. The van der Waals surface area contributed by atoms with Gasteiger partial charge in [-0.15, -0.1) is 0 Å². The van der Waals surface area contributed by atoms with Gasteiger partial charge in [0.2, 0.25) is 0 Å². The van der Waals surface area contributed by atoms with Gasteiger partial charge >= 0.3 is 5.97 Å². The van der Waals surface area contributed by atoms with Gasteiger partial charge in [-0.05, 0) is 85.7 Å². The van der Waals surface area contributed by atoms with E-state index in [1.807, 2.05) is 36.4 Å². The molecule has 0 aliphatic heterocycles. The van der Waals surface area contributed by atoms with Crippen molar-refractivity contribution < 1.29 is 14.7 Å². The fourth-order valence-corrected chi connectivity index (χ4v) is 5.11. The van der Waals surface area contributed by atoms with Gasteiger partial charge in [0, 0.05) is 27.6 Å². The molecule has 1 aliphatic rings. The Morgan fingerprint density at radius 1 is 0.919 bits per heavy atom. The Morgan fingerprint density at radius 3 is 2.49 bits per heavy atom. The van der Waals surface area contributed by atoms with Crippen molar-refractivity contribution in [3.8, 4) is 11.3 Å². The summed E-state index contributed by atoms with van der Waals surface area (Å²) in [4.78, 5) is 33.8. The highest BCUT2D eigenvalue weighted by atomic mass is 35.5. The topological polar surface area (TPSA) is 92.2 Å². The number of fused-ring (bicyclic) bond motifs is 2. The third kappa shape index (κ3) is 5.76. The van der Waals surface area contributed by atoms with Crippen molar-refractivity contribution in [2.75, 3.05) is 0 Å². The van der Waals surface area contributed by atoms with Crippen molar-refractivity contribution in [1.29, 1.82) is 0 Å². The van der Waals surface area contributed by atoms with Crippen LogP contribution in [0.4, 0.5) is 0 Å². The van der Waals surface area contributed by atoms with Crippen molar-refractivity contribution in [3.63, 3.8) is 0 Å². The van der Waals surface area contributed by atoms with Crippen LogP contribution in [0, 0.1) is 0 Å². The summed E-state index contributed by atoms with van der Waals surface area (Å²) in [7, 11) is 0. The summed E-state index contributed by atoms with van der Waals surface area (Å²) in [6.45, 7) is 0. The van der Waals surface area contributed by atoms with E-state index in [4.69, 9.17) is 38.3 Å². The van der Waals surface area contributed by atoms with Gasteiger partial charge in [-0.2, -0.15) is 0 Å². The fourth-order valence-electron chi connectivity index (χ4n) is 4.79. The number of benzene rings is 3. The van der Waals surface area contributed by atoms with E-state index >= 15 is 0 Å². The fraction of sp³-hybridized carbons (Fsp3) is 0.241. The number of halogens is 2. The monoisotopic (exact) mass is 533 g/mol. The van der Waals surface area contributed by atoms with Crippen LogP contribution in [0.3, 0.4) is 0 Å². The molecular formula is C29H25Cl2N3O3. The van der Waals surface area contributed by atoms with Crippen molar-refractivity contribution in [1.82, 2.24) is 15.3 Å². The van der Waals surface area contributed by atoms with E-state index in [-0.39, 0.29) is 18.4 Å². The second-order valence-corrected chi connectivity index (χ2v) is 10.1. The van der Waals surface area contributed by atoms with Crippen LogP contribution in [0.5, 0.6) is 0 Å². The Hall–Kier alpha value is -3.48. The predicted octanol–water partition coefficient (Wildman–Crippen LogP) is 6.82. The minimum Gasteiger partial charge on any atom is -0.481 e. The molecular weight excluding hydrogens is 509 g/mol. The first-order valence-electron chi connectivity index (χ1n) is 12.2. The Balaban J connectivity index is 1.42. The first kappa shape index (κ1) is 25.2. The number of hydrogen-bond acceptors (Lipinski definition) is 4. The van der Waals surface area contributed by atoms with Crippen molar-refractivity contribution in [3.05, 3.63) is 93.1 Å². The molecule has 1 heterocycles. The van der Waals surface area contributed by atoms with Crippen molar-refractivity contribution in [2.45, 2.75) is 44.6 Å². The van der Waals surface area contributed by atoms with E-state index in [1.165, 1.54) is 5.56 Å². The summed E-state index contributed by atoms with van der Waals surface area (Å²) in [5.41, 5.74) is 6.47. The quantitative estimate of drug-likeness (QED) is 0.242. The summed E-state index contributed by atoms with van der Waals surface area (Å²) >= 11 is 12.2. The van der Waals surface area contributed by atoms with Crippen molar-refractivity contribution in [2.24, 2.45) is 0 Å². The van der Waals surface area contributed by atoms with Crippen LogP contribution in [-0.4, -0.2) is 27.0 Å². The molecule has 4 aromatic rings. The van der Waals surface area contributed by atoms with Crippen LogP contribution in [0.15, 0.2) is 60.7 Å². The molecule has 5 rings (SSSR count). The molecule has 188 valence electrons. The van der Waals surface area contributed by atoms with Gasteiger partial charge in [-0.3, -0.25) is 9.59 Å². The molecule has 6 nitrogen and oxygen atoms in total. The maximum Gasteiger partial charge on any atom is 0.303 e. The molecule has 1 amide bonds. The number of carboxylic acids is 1. The minimum atomic E-state index is -0.814. The number of nitrogens with one attached hydrogen (secondary N) is 1. The average Bonchev–Trinajstić information content (AvgIpc) is 3.27. The molecule has 2 N–H and O–H groups in total. The van der Waals surface area contributed by atoms with Gasteiger partial charge in [0.05, 0.1) is 28.5 Å². The Morgan fingerprint density at radius 2 is 1.70 bits per heavy atom. The van der Waals surface area contributed by atoms with Gasteiger partial charge < -0.3 is 10.4 Å². The van der Waals surface area contributed by atoms with Crippen LogP contribution in [0.2, 0.25) is 10.0 Å². The highest BCUT2D eigenvalue weighted by Gasteiger charge is 2.24. The Labute approximate surface area is 224 Å². The van der Waals surface area contributed by atoms with Gasteiger partial charge in [0.15, 0.2) is 0 Å². The molecule has 0 spiro atoms. The number of carbonyl (C=O) groups excluding carboxylic acids is 1. The summed E-state index contributed by atoms with van der Waals surface area (Å²) < 4.78 is 0. The number of aromatic nitrogens is 2. The number of carbonyl (C=O) groups is 2. The largest absolute Gasteiger partial charge is 0.481 e. The first-order valence-corrected chi connectivity index (χ1v) is 13.0. The third-order valence-electron chi connectivity index (χ3n) is 6.66. The molecule has 1 atom stereocenters. The minimum absolute atomic E-state index is 0.0568. The lowest BCUT2D eigenvalue weighted by Gasteiger charge is -2.15. The van der Waals surface area contributed by atoms with E-state index in [1.54, 1.807) is 24.3 Å². The van der Waals surface area contributed by atoms with Crippen LogP contribution in [0.25, 0.3) is 22.3 Å². The molecule has 1 unspecified atom stereocenters. The smallest absolute Gasteiger partial charge is 0.303 e. The first-order chi connectivity index (χ1) is 17.9. The number of amides is 1. The molecule has 1 aliphatic carbocycles. The molecule has 3 aromatic carbocycles. The van der Waals surface area contributed by atoms with E-state index in [0.717, 1.165) is 35.4 Å². The molecule has 0 radical (unpaired) electrons. The van der Waals surface area contributed by atoms with Gasteiger partial charge in [-0.1, -0.05) is 41.4 Å².